The Morgan fingerprint density at radius 1 is 1.38 bits per heavy atom. The lowest BCUT2D eigenvalue weighted by Gasteiger charge is -1.99. The number of amides is 1. The Balaban J connectivity index is 1.64. The number of aryl methyl sites for hydroxylation is 1. The molecule has 3 rings (SSSR count). The van der Waals surface area contributed by atoms with Gasteiger partial charge in [0.1, 0.15) is 11.5 Å². The third-order valence-corrected chi connectivity index (χ3v) is 2.76. The first-order chi connectivity index (χ1) is 10.2. The molecule has 1 N–H and O–H groups in total. The number of hydrogen-bond acceptors (Lipinski definition) is 6. The summed E-state index contributed by atoms with van der Waals surface area (Å²) in [6.07, 6.45) is 5.08. The van der Waals surface area contributed by atoms with Gasteiger partial charge >= 0.3 is 0 Å². The van der Waals surface area contributed by atoms with Crippen molar-refractivity contribution in [3.63, 3.8) is 0 Å². The molecule has 1 amide bonds. The van der Waals surface area contributed by atoms with Crippen molar-refractivity contribution in [3.05, 3.63) is 53.9 Å². The highest BCUT2D eigenvalue weighted by Gasteiger charge is 2.11. The summed E-state index contributed by atoms with van der Waals surface area (Å²) >= 11 is 0. The molecular weight excluding hydrogens is 272 g/mol. The molecule has 0 aromatic carbocycles. The highest BCUT2D eigenvalue weighted by atomic mass is 16.5. The molecule has 0 radical (unpaired) electrons. The number of rotatable bonds is 4. The van der Waals surface area contributed by atoms with E-state index in [0.717, 1.165) is 5.69 Å². The Kier molecular flexibility index (Phi) is 3.42. The van der Waals surface area contributed by atoms with Crippen molar-refractivity contribution in [1.82, 2.24) is 30.5 Å². The minimum Gasteiger partial charge on any atom is -0.361 e. The Bertz CT molecular complexity index is 749. The second-order valence-electron chi connectivity index (χ2n) is 4.37. The van der Waals surface area contributed by atoms with Crippen molar-refractivity contribution in [3.8, 4) is 5.69 Å². The van der Waals surface area contributed by atoms with E-state index < -0.39 is 0 Å². The second kappa shape index (κ2) is 5.53. The van der Waals surface area contributed by atoms with Gasteiger partial charge in [0.25, 0.3) is 5.91 Å². The number of pyridine rings is 1. The summed E-state index contributed by atoms with van der Waals surface area (Å²) < 4.78 is 6.47. The normalized spacial score (nSPS) is 10.5. The van der Waals surface area contributed by atoms with E-state index in [0.29, 0.717) is 11.5 Å². The van der Waals surface area contributed by atoms with Crippen LogP contribution in [0.15, 0.2) is 41.3 Å². The highest BCUT2D eigenvalue weighted by molar-refractivity contribution is 5.92. The maximum absolute atomic E-state index is 11.8. The quantitative estimate of drug-likeness (QED) is 0.763. The van der Waals surface area contributed by atoms with Crippen LogP contribution in [0.2, 0.25) is 0 Å². The first-order valence-electron chi connectivity index (χ1n) is 6.25. The lowest BCUT2D eigenvalue weighted by atomic mass is 10.3. The molecule has 3 aromatic heterocycles. The highest BCUT2D eigenvalue weighted by Crippen LogP contribution is 2.05. The number of aromatic nitrogens is 5. The summed E-state index contributed by atoms with van der Waals surface area (Å²) in [5, 5.41) is 14.3. The van der Waals surface area contributed by atoms with Gasteiger partial charge in [-0.25, -0.2) is 4.68 Å². The minimum absolute atomic E-state index is 0.244. The zero-order valence-electron chi connectivity index (χ0n) is 11.2. The molecule has 0 unspecified atom stereocenters. The van der Waals surface area contributed by atoms with Crippen molar-refractivity contribution in [2.24, 2.45) is 0 Å². The fraction of sp³-hybridized carbons (Fsp3) is 0.154. The predicted molar refractivity (Wildman–Crippen MR) is 71.6 cm³/mol. The molecule has 0 spiro atoms. The van der Waals surface area contributed by atoms with E-state index in [1.807, 2.05) is 12.1 Å². The molecule has 3 aromatic rings. The van der Waals surface area contributed by atoms with Gasteiger partial charge in [-0.2, -0.15) is 0 Å². The lowest BCUT2D eigenvalue weighted by molar-refractivity contribution is 0.0941. The molecule has 3 heterocycles. The van der Waals surface area contributed by atoms with Gasteiger partial charge in [-0.05, 0) is 19.1 Å². The van der Waals surface area contributed by atoms with Crippen LogP contribution < -0.4 is 5.32 Å². The molecule has 0 fully saturated rings. The van der Waals surface area contributed by atoms with Crippen LogP contribution in [0.4, 0.5) is 0 Å². The number of carbonyl (C=O) groups excluding carboxylic acids is 1. The molecule has 0 saturated heterocycles. The van der Waals surface area contributed by atoms with Crippen LogP contribution in [0.1, 0.15) is 21.9 Å². The van der Waals surface area contributed by atoms with Crippen LogP contribution in [-0.2, 0) is 6.54 Å². The van der Waals surface area contributed by atoms with Gasteiger partial charge in [-0.1, -0.05) is 10.4 Å². The fourth-order valence-electron chi connectivity index (χ4n) is 1.74. The zero-order chi connectivity index (χ0) is 14.7. The van der Waals surface area contributed by atoms with Gasteiger partial charge in [-0.15, -0.1) is 5.10 Å². The molecular formula is C13H12N6O2. The monoisotopic (exact) mass is 284 g/mol. The van der Waals surface area contributed by atoms with E-state index in [4.69, 9.17) is 4.52 Å². The molecule has 0 bridgehead atoms. The zero-order valence-corrected chi connectivity index (χ0v) is 11.2. The van der Waals surface area contributed by atoms with Crippen LogP contribution in [0, 0.1) is 6.92 Å². The van der Waals surface area contributed by atoms with Gasteiger partial charge in [0.2, 0.25) is 0 Å². The third kappa shape index (κ3) is 2.94. The molecule has 0 aliphatic carbocycles. The largest absolute Gasteiger partial charge is 0.361 e. The van der Waals surface area contributed by atoms with Gasteiger partial charge in [-0.3, -0.25) is 9.78 Å². The van der Waals surface area contributed by atoms with Crippen LogP contribution in [0.3, 0.4) is 0 Å². The standard InChI is InChI=1S/C13H12N6O2/c1-9-6-12(17-21-9)13(20)15-7-10-8-19(18-16-10)11-2-4-14-5-3-11/h2-6,8H,7H2,1H3,(H,15,20). The fourth-order valence-corrected chi connectivity index (χ4v) is 1.74. The number of nitrogens with one attached hydrogen (secondary N) is 1. The summed E-state index contributed by atoms with van der Waals surface area (Å²) in [6.45, 7) is 1.99. The molecule has 8 nitrogen and oxygen atoms in total. The Morgan fingerprint density at radius 3 is 2.90 bits per heavy atom. The Hall–Kier alpha value is -3.03. The third-order valence-electron chi connectivity index (χ3n) is 2.76. The molecule has 0 aliphatic heterocycles. The minimum atomic E-state index is -0.315. The average molecular weight is 284 g/mol. The van der Waals surface area contributed by atoms with E-state index in [-0.39, 0.29) is 18.1 Å². The molecule has 0 atom stereocenters. The van der Waals surface area contributed by atoms with E-state index >= 15 is 0 Å². The van der Waals surface area contributed by atoms with Crippen LogP contribution in [0.5, 0.6) is 0 Å². The molecule has 0 aliphatic rings. The molecule has 106 valence electrons. The molecule has 0 saturated carbocycles. The van der Waals surface area contributed by atoms with E-state index in [1.54, 1.807) is 36.3 Å². The number of nitrogens with zero attached hydrogens (tertiary/aromatic N) is 5. The van der Waals surface area contributed by atoms with Crippen molar-refractivity contribution in [2.45, 2.75) is 13.5 Å². The first-order valence-corrected chi connectivity index (χ1v) is 6.25. The summed E-state index contributed by atoms with van der Waals surface area (Å²) in [7, 11) is 0. The maximum Gasteiger partial charge on any atom is 0.273 e. The van der Waals surface area contributed by atoms with Gasteiger partial charge in [0, 0.05) is 18.5 Å². The van der Waals surface area contributed by atoms with Gasteiger partial charge < -0.3 is 9.84 Å². The number of carbonyl (C=O) groups is 1. The van der Waals surface area contributed by atoms with E-state index in [2.05, 4.69) is 25.8 Å². The summed E-state index contributed by atoms with van der Waals surface area (Å²) in [6, 6.07) is 5.20. The van der Waals surface area contributed by atoms with Crippen molar-refractivity contribution in [1.29, 1.82) is 0 Å². The van der Waals surface area contributed by atoms with Crippen LogP contribution in [0.25, 0.3) is 5.69 Å². The van der Waals surface area contributed by atoms with Crippen molar-refractivity contribution < 1.29 is 9.32 Å². The van der Waals surface area contributed by atoms with Crippen molar-refractivity contribution >= 4 is 5.91 Å². The summed E-state index contributed by atoms with van der Waals surface area (Å²) in [4.78, 5) is 15.7. The van der Waals surface area contributed by atoms with E-state index in [9.17, 15) is 4.79 Å². The summed E-state index contributed by atoms with van der Waals surface area (Å²) in [5.74, 6) is 0.272. The molecule has 8 heteroatoms. The lowest BCUT2D eigenvalue weighted by Crippen LogP contribution is -2.23. The summed E-state index contributed by atoms with van der Waals surface area (Å²) in [5.41, 5.74) is 1.73. The number of hydrogen-bond donors (Lipinski definition) is 1. The van der Waals surface area contributed by atoms with E-state index in [1.165, 1.54) is 0 Å². The predicted octanol–water partition coefficient (Wildman–Crippen LogP) is 0.889. The average Bonchev–Trinajstić information content (AvgIpc) is 3.15. The van der Waals surface area contributed by atoms with Crippen molar-refractivity contribution in [2.75, 3.05) is 0 Å². The van der Waals surface area contributed by atoms with Crippen LogP contribution >= 0.6 is 0 Å². The Morgan fingerprint density at radius 2 is 2.19 bits per heavy atom. The van der Waals surface area contributed by atoms with Gasteiger partial charge in [0.15, 0.2) is 5.69 Å². The van der Waals surface area contributed by atoms with Crippen LogP contribution in [-0.4, -0.2) is 31.0 Å². The smallest absolute Gasteiger partial charge is 0.273 e. The Labute approximate surface area is 119 Å². The molecule has 21 heavy (non-hydrogen) atoms. The topological polar surface area (TPSA) is 98.7 Å². The first kappa shape index (κ1) is 13.0. The maximum atomic E-state index is 11.8. The second-order valence-corrected chi connectivity index (χ2v) is 4.37. The SMILES string of the molecule is Cc1cc(C(=O)NCc2cn(-c3ccncc3)nn2)no1. The van der Waals surface area contributed by atoms with Gasteiger partial charge in [0.05, 0.1) is 18.4 Å².